The summed E-state index contributed by atoms with van der Waals surface area (Å²) in [5, 5.41) is 0. The van der Waals surface area contributed by atoms with Crippen LogP contribution in [0.25, 0.3) is 16.7 Å². The number of hydrogen-bond donors (Lipinski definition) is 1. The van der Waals surface area contributed by atoms with Crippen LogP contribution in [-0.4, -0.2) is 37.2 Å². The van der Waals surface area contributed by atoms with Gasteiger partial charge in [-0.05, 0) is 30.9 Å². The summed E-state index contributed by atoms with van der Waals surface area (Å²) in [5.74, 6) is 1.56. The van der Waals surface area contributed by atoms with Gasteiger partial charge in [0.05, 0.1) is 41.4 Å². The van der Waals surface area contributed by atoms with Gasteiger partial charge in [-0.3, -0.25) is 14.2 Å². The van der Waals surface area contributed by atoms with Crippen molar-refractivity contribution in [3.05, 3.63) is 54.5 Å². The Morgan fingerprint density at radius 2 is 2.11 bits per heavy atom. The van der Waals surface area contributed by atoms with Crippen LogP contribution in [0.2, 0.25) is 0 Å². The van der Waals surface area contributed by atoms with Crippen molar-refractivity contribution in [2.24, 2.45) is 5.92 Å². The van der Waals surface area contributed by atoms with Gasteiger partial charge in [-0.2, -0.15) is 0 Å². The number of nitrogens with one attached hydrogen (secondary N) is 1. The smallest absolute Gasteiger partial charge is 0.154 e. The number of aromatic nitrogens is 5. The molecule has 1 N–H and O–H groups in total. The molecule has 136 valence electrons. The van der Waals surface area contributed by atoms with Crippen molar-refractivity contribution in [3.8, 4) is 0 Å². The maximum absolute atomic E-state index is 11.6. The Kier molecular flexibility index (Phi) is 3.67. The van der Waals surface area contributed by atoms with Crippen LogP contribution in [0.1, 0.15) is 42.0 Å². The molecule has 1 saturated heterocycles. The lowest BCUT2D eigenvalue weighted by Gasteiger charge is -2.39. The molecule has 1 aliphatic heterocycles. The maximum atomic E-state index is 11.6. The molecule has 0 aliphatic carbocycles. The van der Waals surface area contributed by atoms with Crippen LogP contribution in [0.5, 0.6) is 0 Å². The Morgan fingerprint density at radius 1 is 1.22 bits per heavy atom. The standard InChI is InChI=1S/C20H20N6O/c1-13-4-7-25(18-11-21-5-2-14(18)12-27)17(8-13)20-24-10-15-9-23-19-16(26(15)20)3-6-22-19/h2-3,5-6,9-13,17,22H,4,7-8H2,1H3/t13-,17+/m0/s1. The number of aldehydes is 1. The van der Waals surface area contributed by atoms with Crippen LogP contribution in [0.4, 0.5) is 5.69 Å². The quantitative estimate of drug-likeness (QED) is 0.567. The number of nitrogens with zero attached hydrogens (tertiary/aromatic N) is 5. The van der Waals surface area contributed by atoms with Gasteiger partial charge in [-0.15, -0.1) is 0 Å². The van der Waals surface area contributed by atoms with Crippen molar-refractivity contribution in [2.75, 3.05) is 11.4 Å². The summed E-state index contributed by atoms with van der Waals surface area (Å²) in [4.78, 5) is 30.5. The molecule has 0 amide bonds. The van der Waals surface area contributed by atoms with Crippen molar-refractivity contribution < 1.29 is 4.79 Å². The molecule has 0 spiro atoms. The molecule has 27 heavy (non-hydrogen) atoms. The van der Waals surface area contributed by atoms with Crippen LogP contribution in [0, 0.1) is 5.92 Å². The number of piperidine rings is 1. The third kappa shape index (κ3) is 2.50. The van der Waals surface area contributed by atoms with Crippen molar-refractivity contribution >= 4 is 28.7 Å². The van der Waals surface area contributed by atoms with Crippen LogP contribution in [0.15, 0.2) is 43.1 Å². The molecule has 7 heteroatoms. The average Bonchev–Trinajstić information content (AvgIpc) is 3.34. The minimum absolute atomic E-state index is 0.0691. The first-order chi connectivity index (χ1) is 13.3. The summed E-state index contributed by atoms with van der Waals surface area (Å²) in [6.07, 6.45) is 12.0. The van der Waals surface area contributed by atoms with Crippen molar-refractivity contribution in [1.29, 1.82) is 0 Å². The Bertz CT molecular complexity index is 1130. The molecule has 0 aromatic carbocycles. The van der Waals surface area contributed by atoms with Gasteiger partial charge in [0.25, 0.3) is 0 Å². The molecular formula is C20H20N6O. The van der Waals surface area contributed by atoms with Crippen LogP contribution in [0.3, 0.4) is 0 Å². The third-order valence-corrected chi connectivity index (χ3v) is 5.52. The molecular weight excluding hydrogens is 340 g/mol. The summed E-state index contributed by atoms with van der Waals surface area (Å²) in [6.45, 7) is 3.14. The minimum Gasteiger partial charge on any atom is -0.359 e. The summed E-state index contributed by atoms with van der Waals surface area (Å²) < 4.78 is 2.17. The van der Waals surface area contributed by atoms with E-state index in [0.717, 1.165) is 53.9 Å². The van der Waals surface area contributed by atoms with Crippen molar-refractivity contribution in [1.82, 2.24) is 24.3 Å². The zero-order valence-electron chi connectivity index (χ0n) is 15.0. The number of rotatable bonds is 3. The zero-order valence-corrected chi connectivity index (χ0v) is 15.0. The largest absolute Gasteiger partial charge is 0.359 e. The average molecular weight is 360 g/mol. The van der Waals surface area contributed by atoms with Crippen LogP contribution >= 0.6 is 0 Å². The number of carbonyl (C=O) groups is 1. The molecule has 0 radical (unpaired) electrons. The zero-order chi connectivity index (χ0) is 18.4. The van der Waals surface area contributed by atoms with E-state index in [1.54, 1.807) is 18.5 Å². The van der Waals surface area contributed by atoms with Gasteiger partial charge in [0, 0.05) is 24.5 Å². The molecule has 2 atom stereocenters. The fourth-order valence-electron chi connectivity index (χ4n) is 4.15. The predicted molar refractivity (Wildman–Crippen MR) is 103 cm³/mol. The summed E-state index contributed by atoms with van der Waals surface area (Å²) in [5.41, 5.74) is 4.36. The first-order valence-corrected chi connectivity index (χ1v) is 9.21. The third-order valence-electron chi connectivity index (χ3n) is 5.52. The van der Waals surface area contributed by atoms with Crippen molar-refractivity contribution in [2.45, 2.75) is 25.8 Å². The molecule has 4 aromatic rings. The highest BCUT2D eigenvalue weighted by Crippen LogP contribution is 2.38. The Balaban J connectivity index is 1.70. The van der Waals surface area contributed by atoms with E-state index in [-0.39, 0.29) is 6.04 Å². The fourth-order valence-corrected chi connectivity index (χ4v) is 4.15. The number of pyridine rings is 1. The topological polar surface area (TPSA) is 79.2 Å². The minimum atomic E-state index is 0.0691. The number of fused-ring (bicyclic) bond motifs is 3. The van der Waals surface area contributed by atoms with E-state index in [0.29, 0.717) is 11.5 Å². The monoisotopic (exact) mass is 360 g/mol. The lowest BCUT2D eigenvalue weighted by Crippen LogP contribution is -2.38. The normalized spacial score (nSPS) is 20.4. The summed E-state index contributed by atoms with van der Waals surface area (Å²) >= 11 is 0. The molecule has 4 aromatic heterocycles. The molecule has 0 bridgehead atoms. The molecule has 0 saturated carbocycles. The van der Waals surface area contributed by atoms with E-state index in [9.17, 15) is 4.79 Å². The first kappa shape index (κ1) is 16.0. The molecule has 1 fully saturated rings. The second kappa shape index (κ2) is 6.19. The van der Waals surface area contributed by atoms with Gasteiger partial charge >= 0.3 is 0 Å². The second-order valence-corrected chi connectivity index (χ2v) is 7.24. The highest BCUT2D eigenvalue weighted by atomic mass is 16.1. The highest BCUT2D eigenvalue weighted by Gasteiger charge is 2.32. The SMILES string of the molecule is C[C@H]1CCN(c2cnccc2C=O)[C@@H](c2ncc3cnc4[nH]ccc4n23)C1. The lowest BCUT2D eigenvalue weighted by atomic mass is 9.91. The Labute approximate surface area is 156 Å². The van der Waals surface area contributed by atoms with Gasteiger partial charge in [0.1, 0.15) is 5.82 Å². The molecule has 0 unspecified atom stereocenters. The number of H-pyrrole nitrogens is 1. The summed E-state index contributed by atoms with van der Waals surface area (Å²) in [7, 11) is 0. The molecule has 5 heterocycles. The molecule has 1 aliphatic rings. The van der Waals surface area contributed by atoms with Crippen LogP contribution < -0.4 is 4.90 Å². The maximum Gasteiger partial charge on any atom is 0.154 e. The fraction of sp³-hybridized carbons (Fsp3) is 0.300. The first-order valence-electron chi connectivity index (χ1n) is 9.21. The number of carbonyl (C=O) groups excluding carboxylic acids is 1. The van der Waals surface area contributed by atoms with Gasteiger partial charge in [-0.25, -0.2) is 9.97 Å². The van der Waals surface area contributed by atoms with Crippen molar-refractivity contribution in [3.63, 3.8) is 0 Å². The number of aromatic amines is 1. The van der Waals surface area contributed by atoms with E-state index in [2.05, 4.69) is 31.2 Å². The van der Waals surface area contributed by atoms with Crippen LogP contribution in [-0.2, 0) is 0 Å². The lowest BCUT2D eigenvalue weighted by molar-refractivity contribution is 0.112. The summed E-state index contributed by atoms with van der Waals surface area (Å²) in [6, 6.07) is 3.87. The molecule has 7 nitrogen and oxygen atoms in total. The van der Waals surface area contributed by atoms with E-state index in [1.807, 2.05) is 24.7 Å². The Hall–Kier alpha value is -3.22. The van der Waals surface area contributed by atoms with Gasteiger partial charge in [-0.1, -0.05) is 6.92 Å². The number of anilines is 1. The molecule has 5 rings (SSSR count). The van der Waals surface area contributed by atoms with E-state index in [4.69, 9.17) is 4.98 Å². The Morgan fingerprint density at radius 3 is 3.00 bits per heavy atom. The number of imidazole rings is 1. The van der Waals surface area contributed by atoms with E-state index >= 15 is 0 Å². The predicted octanol–water partition coefficient (Wildman–Crippen LogP) is 3.40. The van der Waals surface area contributed by atoms with E-state index < -0.39 is 0 Å². The second-order valence-electron chi connectivity index (χ2n) is 7.24. The van der Waals surface area contributed by atoms with E-state index in [1.165, 1.54) is 0 Å². The van der Waals surface area contributed by atoms with Gasteiger partial charge in [0.15, 0.2) is 11.9 Å². The number of hydrogen-bond acceptors (Lipinski definition) is 5. The van der Waals surface area contributed by atoms with Gasteiger partial charge < -0.3 is 9.88 Å². The van der Waals surface area contributed by atoms with Gasteiger partial charge in [0.2, 0.25) is 0 Å². The highest BCUT2D eigenvalue weighted by molar-refractivity contribution is 5.84.